The Balaban J connectivity index is 1.75. The molecular weight excluding hydrogens is 366 g/mol. The third-order valence-corrected chi connectivity index (χ3v) is 6.01. The molecule has 0 spiro atoms. The van der Waals surface area contributed by atoms with Gasteiger partial charge in [0, 0.05) is 23.5 Å². The number of rotatable bonds is 3. The number of hydrogen-bond donors (Lipinski definition) is 2. The maximum absolute atomic E-state index is 11.6. The minimum absolute atomic E-state index is 0.324. The fourth-order valence-corrected chi connectivity index (χ4v) is 4.47. The zero-order valence-corrected chi connectivity index (χ0v) is 16.3. The van der Waals surface area contributed by atoms with Crippen molar-refractivity contribution in [3.8, 4) is 11.4 Å². The molecule has 3 heterocycles. The number of primary amides is 1. The second-order valence-corrected chi connectivity index (χ2v) is 7.77. The molecule has 3 aromatic heterocycles. The molecule has 8 heteroatoms. The molecule has 4 aromatic rings. The molecule has 0 radical (unpaired) electrons. The van der Waals surface area contributed by atoms with Crippen LogP contribution in [0.1, 0.15) is 48.5 Å². The number of benzene rings is 1. The summed E-state index contributed by atoms with van der Waals surface area (Å²) in [5.74, 6) is -0.0190. The maximum atomic E-state index is 11.6. The van der Waals surface area contributed by atoms with E-state index in [0.717, 1.165) is 46.2 Å². The van der Waals surface area contributed by atoms with Crippen LogP contribution < -0.4 is 11.5 Å². The minimum Gasteiger partial charge on any atom is -0.383 e. The summed E-state index contributed by atoms with van der Waals surface area (Å²) < 4.78 is 4.05. The summed E-state index contributed by atoms with van der Waals surface area (Å²) in [4.78, 5) is 20.3. The summed E-state index contributed by atoms with van der Waals surface area (Å²) in [7, 11) is 1.95. The standard InChI is InChI=1S/C21H23N7O/c1-27-15-10-13(20(23)29)8-7-12(15)9-16(27)18-17-19(22)24-11-25-21(17)28(26-18)14-5-3-2-4-6-14/h7-11,14H,2-6H2,1H3,(H2,23,29)(H2,22,24,25). The van der Waals surface area contributed by atoms with Gasteiger partial charge in [0.1, 0.15) is 17.8 Å². The topological polar surface area (TPSA) is 118 Å². The number of aromatic nitrogens is 5. The molecule has 8 nitrogen and oxygen atoms in total. The number of carbonyl (C=O) groups excluding carboxylic acids is 1. The Morgan fingerprint density at radius 3 is 2.69 bits per heavy atom. The van der Waals surface area contributed by atoms with Crippen LogP contribution in [0.15, 0.2) is 30.6 Å². The fraction of sp³-hybridized carbons (Fsp3) is 0.333. The van der Waals surface area contributed by atoms with Crippen molar-refractivity contribution < 1.29 is 4.79 Å². The van der Waals surface area contributed by atoms with Crippen LogP contribution in [0, 0.1) is 0 Å². The Labute approximate surface area is 167 Å². The number of amides is 1. The first-order chi connectivity index (χ1) is 14.0. The Morgan fingerprint density at radius 2 is 1.93 bits per heavy atom. The molecule has 0 aliphatic heterocycles. The van der Waals surface area contributed by atoms with Crippen molar-refractivity contribution in [2.24, 2.45) is 12.8 Å². The number of nitrogen functional groups attached to an aromatic ring is 1. The maximum Gasteiger partial charge on any atom is 0.248 e. The Bertz CT molecular complexity index is 1250. The Kier molecular flexibility index (Phi) is 4.01. The van der Waals surface area contributed by atoms with Crippen LogP contribution >= 0.6 is 0 Å². The van der Waals surface area contributed by atoms with Gasteiger partial charge in [-0.05, 0) is 31.0 Å². The third-order valence-electron chi connectivity index (χ3n) is 6.01. The average molecular weight is 389 g/mol. The van der Waals surface area contributed by atoms with Crippen molar-refractivity contribution in [3.63, 3.8) is 0 Å². The van der Waals surface area contributed by atoms with Gasteiger partial charge in [-0.25, -0.2) is 14.6 Å². The number of hydrogen-bond acceptors (Lipinski definition) is 5. The van der Waals surface area contributed by atoms with Crippen LogP contribution in [-0.2, 0) is 7.05 Å². The highest BCUT2D eigenvalue weighted by Gasteiger charge is 2.25. The van der Waals surface area contributed by atoms with Gasteiger partial charge in [-0.3, -0.25) is 4.79 Å². The number of nitrogens with two attached hydrogens (primary N) is 2. The van der Waals surface area contributed by atoms with Gasteiger partial charge in [0.25, 0.3) is 0 Å². The lowest BCUT2D eigenvalue weighted by Gasteiger charge is -2.22. The number of anilines is 1. The summed E-state index contributed by atoms with van der Waals surface area (Å²) in [5.41, 5.74) is 15.6. The fourth-order valence-electron chi connectivity index (χ4n) is 4.47. The molecule has 148 valence electrons. The van der Waals surface area contributed by atoms with Gasteiger partial charge in [0.15, 0.2) is 5.65 Å². The van der Waals surface area contributed by atoms with Gasteiger partial charge in [-0.15, -0.1) is 0 Å². The van der Waals surface area contributed by atoms with Crippen LogP contribution in [0.2, 0.25) is 0 Å². The summed E-state index contributed by atoms with van der Waals surface area (Å²) in [6.45, 7) is 0. The van der Waals surface area contributed by atoms with Gasteiger partial charge in [0.05, 0.1) is 17.1 Å². The van der Waals surface area contributed by atoms with E-state index >= 15 is 0 Å². The Hall–Kier alpha value is -3.42. The highest BCUT2D eigenvalue weighted by molar-refractivity contribution is 6.02. The monoisotopic (exact) mass is 389 g/mol. The van der Waals surface area contributed by atoms with Crippen molar-refractivity contribution in [1.82, 2.24) is 24.3 Å². The van der Waals surface area contributed by atoms with E-state index < -0.39 is 5.91 Å². The molecule has 29 heavy (non-hydrogen) atoms. The second-order valence-electron chi connectivity index (χ2n) is 7.77. The molecular formula is C21H23N7O. The zero-order chi connectivity index (χ0) is 20.1. The first-order valence-corrected chi connectivity index (χ1v) is 9.93. The third kappa shape index (κ3) is 2.74. The van der Waals surface area contributed by atoms with Crippen LogP contribution in [0.3, 0.4) is 0 Å². The number of fused-ring (bicyclic) bond motifs is 2. The van der Waals surface area contributed by atoms with Crippen molar-refractivity contribution in [3.05, 3.63) is 36.2 Å². The van der Waals surface area contributed by atoms with Gasteiger partial charge in [-0.2, -0.15) is 5.10 Å². The van der Waals surface area contributed by atoms with E-state index in [0.29, 0.717) is 17.4 Å². The second kappa shape index (κ2) is 6.58. The smallest absolute Gasteiger partial charge is 0.248 e. The molecule has 1 amide bonds. The van der Waals surface area contributed by atoms with Crippen molar-refractivity contribution in [1.29, 1.82) is 0 Å². The van der Waals surface area contributed by atoms with Crippen LogP contribution in [0.4, 0.5) is 5.82 Å². The lowest BCUT2D eigenvalue weighted by molar-refractivity contribution is 0.100. The summed E-state index contributed by atoms with van der Waals surface area (Å²) in [5, 5.41) is 6.76. The quantitative estimate of drug-likeness (QED) is 0.558. The average Bonchev–Trinajstić information content (AvgIpc) is 3.27. The summed E-state index contributed by atoms with van der Waals surface area (Å²) >= 11 is 0. The largest absolute Gasteiger partial charge is 0.383 e. The first kappa shape index (κ1) is 17.7. The van der Waals surface area contributed by atoms with Crippen LogP contribution in [-0.4, -0.2) is 30.2 Å². The molecule has 0 saturated heterocycles. The van der Waals surface area contributed by atoms with Gasteiger partial charge < -0.3 is 16.0 Å². The van der Waals surface area contributed by atoms with Crippen LogP contribution in [0.25, 0.3) is 33.3 Å². The zero-order valence-electron chi connectivity index (χ0n) is 16.3. The molecule has 1 aliphatic carbocycles. The van der Waals surface area contributed by atoms with E-state index in [1.165, 1.54) is 25.6 Å². The molecule has 0 unspecified atom stereocenters. The molecule has 1 fully saturated rings. The van der Waals surface area contributed by atoms with Crippen molar-refractivity contribution in [2.75, 3.05) is 5.73 Å². The van der Waals surface area contributed by atoms with Gasteiger partial charge in [0.2, 0.25) is 5.91 Å². The van der Waals surface area contributed by atoms with E-state index in [9.17, 15) is 4.79 Å². The van der Waals surface area contributed by atoms with E-state index in [1.807, 2.05) is 22.4 Å². The van der Waals surface area contributed by atoms with Gasteiger partial charge >= 0.3 is 0 Å². The molecule has 4 N–H and O–H groups in total. The summed E-state index contributed by atoms with van der Waals surface area (Å²) in [6.07, 6.45) is 7.36. The number of nitrogens with zero attached hydrogens (tertiary/aromatic N) is 5. The molecule has 5 rings (SSSR count). The Morgan fingerprint density at radius 1 is 1.14 bits per heavy atom. The van der Waals surface area contributed by atoms with E-state index in [-0.39, 0.29) is 0 Å². The lowest BCUT2D eigenvalue weighted by Crippen LogP contribution is -2.14. The molecule has 1 aliphatic rings. The van der Waals surface area contributed by atoms with E-state index in [1.54, 1.807) is 12.1 Å². The normalized spacial score (nSPS) is 15.3. The van der Waals surface area contributed by atoms with E-state index in [2.05, 4.69) is 16.0 Å². The number of carbonyl (C=O) groups is 1. The molecule has 0 atom stereocenters. The molecule has 1 aromatic carbocycles. The van der Waals surface area contributed by atoms with Crippen molar-refractivity contribution >= 4 is 33.7 Å². The predicted octanol–water partition coefficient (Wildman–Crippen LogP) is 3.17. The SMILES string of the molecule is Cn1c(-c2nn(C3CCCCC3)c3ncnc(N)c23)cc2ccc(C(N)=O)cc21. The lowest BCUT2D eigenvalue weighted by atomic mass is 9.96. The van der Waals surface area contributed by atoms with Gasteiger partial charge in [-0.1, -0.05) is 25.3 Å². The highest BCUT2D eigenvalue weighted by atomic mass is 16.1. The molecule has 0 bridgehead atoms. The summed E-state index contributed by atoms with van der Waals surface area (Å²) in [6, 6.07) is 7.83. The minimum atomic E-state index is -0.445. The highest BCUT2D eigenvalue weighted by Crippen LogP contribution is 2.37. The predicted molar refractivity (Wildman–Crippen MR) is 112 cm³/mol. The van der Waals surface area contributed by atoms with Crippen LogP contribution in [0.5, 0.6) is 0 Å². The first-order valence-electron chi connectivity index (χ1n) is 9.93. The number of aryl methyl sites for hydroxylation is 1. The van der Waals surface area contributed by atoms with E-state index in [4.69, 9.17) is 16.6 Å². The van der Waals surface area contributed by atoms with Crippen molar-refractivity contribution in [2.45, 2.75) is 38.1 Å². The molecule has 1 saturated carbocycles.